The highest BCUT2D eigenvalue weighted by Gasteiger charge is 2.45. The molecule has 2 aliphatic rings. The number of ether oxygens (including phenoxy) is 1. The molecule has 0 aromatic carbocycles. The minimum atomic E-state index is -0.742. The van der Waals surface area contributed by atoms with Crippen LogP contribution in [0.25, 0.3) is 0 Å². The topological polar surface area (TPSA) is 103 Å². The Hall–Kier alpha value is -1.47. The molecule has 98 valence electrons. The number of carbonyl (C=O) groups excluding carboxylic acids is 1. The largest absolute Gasteiger partial charge is 0.408 e. The SMILES string of the molecule is CC1(C(=O)Nc2nnc(C3CC3)o2)COCC1N. The number of nitrogens with two attached hydrogens (primary N) is 1. The van der Waals surface area contributed by atoms with Crippen LogP contribution in [0.1, 0.15) is 31.6 Å². The van der Waals surface area contributed by atoms with Gasteiger partial charge in [0.25, 0.3) is 0 Å². The molecule has 7 heteroatoms. The van der Waals surface area contributed by atoms with Crippen LogP contribution in [0.3, 0.4) is 0 Å². The maximum Gasteiger partial charge on any atom is 0.322 e. The molecule has 2 fully saturated rings. The third-order valence-electron chi connectivity index (χ3n) is 3.62. The number of hydrogen-bond acceptors (Lipinski definition) is 6. The van der Waals surface area contributed by atoms with Crippen molar-refractivity contribution in [1.29, 1.82) is 0 Å². The van der Waals surface area contributed by atoms with Crippen molar-refractivity contribution in [3.8, 4) is 0 Å². The van der Waals surface area contributed by atoms with Crippen molar-refractivity contribution in [2.45, 2.75) is 31.7 Å². The van der Waals surface area contributed by atoms with Gasteiger partial charge in [-0.1, -0.05) is 5.10 Å². The minimum absolute atomic E-state index is 0.141. The lowest BCUT2D eigenvalue weighted by Gasteiger charge is -2.24. The van der Waals surface area contributed by atoms with Crippen LogP contribution in [0.2, 0.25) is 0 Å². The normalized spacial score (nSPS) is 31.6. The van der Waals surface area contributed by atoms with Gasteiger partial charge in [-0.05, 0) is 19.8 Å². The molecule has 1 amide bonds. The highest BCUT2D eigenvalue weighted by molar-refractivity contribution is 5.94. The number of rotatable bonds is 3. The standard InChI is InChI=1S/C11H16N4O3/c1-11(5-17-4-7(11)12)9(16)13-10-15-14-8(18-10)6-2-3-6/h6-7H,2-5,12H2,1H3,(H,13,15,16). The minimum Gasteiger partial charge on any atom is -0.408 e. The van der Waals surface area contributed by atoms with Gasteiger partial charge in [-0.25, -0.2) is 0 Å². The second-order valence-electron chi connectivity index (χ2n) is 5.21. The Morgan fingerprint density at radius 3 is 2.89 bits per heavy atom. The predicted octanol–water partition coefficient (Wildman–Crippen LogP) is 0.249. The van der Waals surface area contributed by atoms with Crippen molar-refractivity contribution in [3.63, 3.8) is 0 Å². The Labute approximate surface area is 104 Å². The Morgan fingerprint density at radius 1 is 1.50 bits per heavy atom. The molecule has 2 unspecified atom stereocenters. The van der Waals surface area contributed by atoms with Crippen LogP contribution in [0.5, 0.6) is 0 Å². The van der Waals surface area contributed by atoms with Crippen molar-refractivity contribution >= 4 is 11.9 Å². The highest BCUT2D eigenvalue weighted by atomic mass is 16.5. The van der Waals surface area contributed by atoms with Gasteiger partial charge in [0.05, 0.1) is 18.6 Å². The van der Waals surface area contributed by atoms with E-state index < -0.39 is 5.41 Å². The van der Waals surface area contributed by atoms with E-state index in [0.717, 1.165) is 12.8 Å². The van der Waals surface area contributed by atoms with Crippen LogP contribution in [-0.4, -0.2) is 35.4 Å². The lowest BCUT2D eigenvalue weighted by atomic mass is 9.85. The fourth-order valence-electron chi connectivity index (χ4n) is 1.94. The zero-order valence-corrected chi connectivity index (χ0v) is 10.2. The molecule has 0 radical (unpaired) electrons. The second kappa shape index (κ2) is 4.03. The Kier molecular flexibility index (Phi) is 2.60. The third kappa shape index (κ3) is 1.89. The summed E-state index contributed by atoms with van der Waals surface area (Å²) in [6.07, 6.45) is 2.15. The number of amides is 1. The van der Waals surface area contributed by atoms with Gasteiger partial charge in [-0.3, -0.25) is 10.1 Å². The predicted molar refractivity (Wildman–Crippen MR) is 61.8 cm³/mol. The van der Waals surface area contributed by atoms with E-state index in [0.29, 0.717) is 25.0 Å². The Morgan fingerprint density at radius 2 is 2.28 bits per heavy atom. The summed E-state index contributed by atoms with van der Waals surface area (Å²) in [4.78, 5) is 12.1. The van der Waals surface area contributed by atoms with E-state index in [-0.39, 0.29) is 18.0 Å². The van der Waals surface area contributed by atoms with Gasteiger partial charge in [0.1, 0.15) is 0 Å². The first-order valence-electron chi connectivity index (χ1n) is 6.08. The number of hydrogen-bond donors (Lipinski definition) is 2. The third-order valence-corrected chi connectivity index (χ3v) is 3.62. The zero-order chi connectivity index (χ0) is 12.8. The number of anilines is 1. The van der Waals surface area contributed by atoms with Crippen LogP contribution >= 0.6 is 0 Å². The van der Waals surface area contributed by atoms with E-state index in [1.807, 2.05) is 0 Å². The quantitative estimate of drug-likeness (QED) is 0.799. The molecule has 3 N–H and O–H groups in total. The fraction of sp³-hybridized carbons (Fsp3) is 0.727. The summed E-state index contributed by atoms with van der Waals surface area (Å²) in [6, 6.07) is -0.175. The van der Waals surface area contributed by atoms with Gasteiger partial charge in [-0.15, -0.1) is 5.10 Å². The Balaban J connectivity index is 1.69. The van der Waals surface area contributed by atoms with E-state index in [4.69, 9.17) is 14.9 Å². The zero-order valence-electron chi connectivity index (χ0n) is 10.2. The molecule has 1 aliphatic heterocycles. The first-order valence-corrected chi connectivity index (χ1v) is 6.08. The van der Waals surface area contributed by atoms with E-state index in [2.05, 4.69) is 15.5 Å². The maximum absolute atomic E-state index is 12.1. The van der Waals surface area contributed by atoms with Crippen LogP contribution in [0.15, 0.2) is 4.42 Å². The molecule has 1 aromatic rings. The lowest BCUT2D eigenvalue weighted by Crippen LogP contribution is -2.47. The first kappa shape index (κ1) is 11.6. The molecule has 2 atom stereocenters. The van der Waals surface area contributed by atoms with Crippen LogP contribution < -0.4 is 11.1 Å². The monoisotopic (exact) mass is 252 g/mol. The van der Waals surface area contributed by atoms with Gasteiger partial charge >= 0.3 is 6.01 Å². The molecule has 7 nitrogen and oxygen atoms in total. The number of carbonyl (C=O) groups is 1. The molecular weight excluding hydrogens is 236 g/mol. The first-order chi connectivity index (χ1) is 8.59. The summed E-state index contributed by atoms with van der Waals surface area (Å²) in [7, 11) is 0. The van der Waals surface area contributed by atoms with Gasteiger partial charge < -0.3 is 14.9 Å². The average Bonchev–Trinajstić information content (AvgIpc) is 3.00. The van der Waals surface area contributed by atoms with E-state index in [1.165, 1.54) is 0 Å². The highest BCUT2D eigenvalue weighted by Crippen LogP contribution is 2.39. The van der Waals surface area contributed by atoms with E-state index >= 15 is 0 Å². The van der Waals surface area contributed by atoms with Crippen molar-refractivity contribution < 1.29 is 13.9 Å². The second-order valence-corrected chi connectivity index (χ2v) is 5.21. The van der Waals surface area contributed by atoms with Gasteiger partial charge in [-0.2, -0.15) is 0 Å². The molecule has 1 saturated heterocycles. The summed E-state index contributed by atoms with van der Waals surface area (Å²) in [6.45, 7) is 2.48. The van der Waals surface area contributed by atoms with Crippen LogP contribution in [0, 0.1) is 5.41 Å². The number of nitrogens with one attached hydrogen (secondary N) is 1. The number of aromatic nitrogens is 2. The van der Waals surface area contributed by atoms with Gasteiger partial charge in [0, 0.05) is 12.0 Å². The number of nitrogens with zero attached hydrogens (tertiary/aromatic N) is 2. The Bertz CT molecular complexity index is 471. The molecule has 0 bridgehead atoms. The van der Waals surface area contributed by atoms with Crippen molar-refractivity contribution in [1.82, 2.24) is 10.2 Å². The summed E-state index contributed by atoms with van der Waals surface area (Å²) in [5, 5.41) is 10.3. The summed E-state index contributed by atoms with van der Waals surface area (Å²) in [5.74, 6) is 0.733. The van der Waals surface area contributed by atoms with Crippen molar-refractivity contribution in [3.05, 3.63) is 5.89 Å². The average molecular weight is 252 g/mol. The van der Waals surface area contributed by atoms with Crippen molar-refractivity contribution in [2.75, 3.05) is 18.5 Å². The molecule has 1 saturated carbocycles. The smallest absolute Gasteiger partial charge is 0.322 e. The molecule has 2 heterocycles. The molecule has 3 rings (SSSR count). The molecule has 18 heavy (non-hydrogen) atoms. The van der Waals surface area contributed by atoms with Gasteiger partial charge in [0.15, 0.2) is 0 Å². The van der Waals surface area contributed by atoms with Crippen LogP contribution in [-0.2, 0) is 9.53 Å². The van der Waals surface area contributed by atoms with Crippen LogP contribution in [0.4, 0.5) is 6.01 Å². The lowest BCUT2D eigenvalue weighted by molar-refractivity contribution is -0.125. The molecule has 1 aromatic heterocycles. The molecule has 1 aliphatic carbocycles. The molecular formula is C11H16N4O3. The van der Waals surface area contributed by atoms with E-state index in [9.17, 15) is 4.79 Å². The summed E-state index contributed by atoms with van der Waals surface area (Å²) < 4.78 is 10.6. The summed E-state index contributed by atoms with van der Waals surface area (Å²) >= 11 is 0. The van der Waals surface area contributed by atoms with Gasteiger partial charge in [0.2, 0.25) is 11.8 Å². The molecule has 0 spiro atoms. The summed E-state index contributed by atoms with van der Waals surface area (Å²) in [5.41, 5.74) is 5.14. The fourth-order valence-corrected chi connectivity index (χ4v) is 1.94. The maximum atomic E-state index is 12.1. The van der Waals surface area contributed by atoms with Crippen molar-refractivity contribution in [2.24, 2.45) is 11.1 Å². The van der Waals surface area contributed by atoms with E-state index in [1.54, 1.807) is 6.92 Å².